The number of nitrogens with zero attached hydrogens (tertiary/aromatic N) is 3. The molecule has 1 heterocycles. The lowest BCUT2D eigenvalue weighted by Crippen LogP contribution is -2.33. The second kappa shape index (κ2) is 14.2. The molecule has 7 aromatic carbocycles. The van der Waals surface area contributed by atoms with E-state index in [1.165, 1.54) is 116 Å². The minimum Gasteiger partial charge on any atom is -0.310 e. The van der Waals surface area contributed by atoms with Crippen LogP contribution in [0.25, 0.3) is 33.4 Å². The Kier molecular flexibility index (Phi) is 8.74. The summed E-state index contributed by atoms with van der Waals surface area (Å²) in [7, 11) is 0. The van der Waals surface area contributed by atoms with Crippen molar-refractivity contribution in [2.45, 2.75) is 89.1 Å². The number of benzene rings is 7. The molecule has 0 N–H and O–H groups in total. The third kappa shape index (κ3) is 5.96. The van der Waals surface area contributed by atoms with Crippen molar-refractivity contribution in [2.75, 3.05) is 4.90 Å². The first-order valence-corrected chi connectivity index (χ1v) is 22.2. The summed E-state index contributed by atoms with van der Waals surface area (Å²) in [5.74, 6) is 0. The topological polar surface area (TPSA) is 18.8 Å². The normalized spacial score (nSPS) is 18.4. The molecule has 3 aliphatic carbocycles. The Hall–Kier alpha value is -6.19. The second-order valence-electron chi connectivity index (χ2n) is 18.6. The zero-order chi connectivity index (χ0) is 40.6. The lowest BCUT2D eigenvalue weighted by molar-refractivity contribution is 0.126. The highest BCUT2D eigenvalue weighted by Gasteiger charge is 2.38. The summed E-state index contributed by atoms with van der Waals surface area (Å²) in [6, 6.07) is 62.2. The van der Waals surface area contributed by atoms with E-state index in [1.54, 1.807) is 0 Å². The van der Waals surface area contributed by atoms with E-state index >= 15 is 0 Å². The molecule has 0 radical (unpaired) electrons. The fourth-order valence-electron chi connectivity index (χ4n) is 11.1. The summed E-state index contributed by atoms with van der Waals surface area (Å²) in [5.41, 5.74) is 20.5. The van der Waals surface area contributed by atoms with Gasteiger partial charge in [0.15, 0.2) is 0 Å². The van der Waals surface area contributed by atoms with Gasteiger partial charge in [-0.05, 0) is 116 Å². The molecule has 11 rings (SSSR count). The largest absolute Gasteiger partial charge is 0.310 e. The number of hydrogen-bond acceptors (Lipinski definition) is 3. The van der Waals surface area contributed by atoms with Gasteiger partial charge >= 0.3 is 0 Å². The van der Waals surface area contributed by atoms with E-state index in [0.29, 0.717) is 6.04 Å². The fourth-order valence-corrected chi connectivity index (χ4v) is 11.1. The van der Waals surface area contributed by atoms with E-state index < -0.39 is 0 Å². The summed E-state index contributed by atoms with van der Waals surface area (Å²) >= 11 is 0. The highest BCUT2D eigenvalue weighted by Crippen LogP contribution is 2.53. The maximum atomic E-state index is 5.32. The molecule has 4 aliphatic rings. The molecule has 3 nitrogen and oxygen atoms in total. The van der Waals surface area contributed by atoms with Crippen LogP contribution in [0, 0.1) is 0 Å². The maximum absolute atomic E-state index is 5.32. The van der Waals surface area contributed by atoms with Crippen LogP contribution in [0.15, 0.2) is 169 Å². The van der Waals surface area contributed by atoms with Gasteiger partial charge in [0.2, 0.25) is 0 Å². The zero-order valence-corrected chi connectivity index (χ0v) is 35.3. The van der Waals surface area contributed by atoms with Crippen molar-refractivity contribution in [1.82, 2.24) is 5.01 Å². The Morgan fingerprint density at radius 3 is 1.52 bits per heavy atom. The lowest BCUT2D eigenvalue weighted by Gasteiger charge is -2.34. The van der Waals surface area contributed by atoms with Crippen molar-refractivity contribution in [3.05, 3.63) is 197 Å². The Morgan fingerprint density at radius 1 is 0.467 bits per heavy atom. The number of hydrazone groups is 1. The van der Waals surface area contributed by atoms with Crippen molar-refractivity contribution in [3.63, 3.8) is 0 Å². The van der Waals surface area contributed by atoms with Crippen LogP contribution in [-0.2, 0) is 10.8 Å². The van der Waals surface area contributed by atoms with Crippen molar-refractivity contribution in [1.29, 1.82) is 0 Å². The van der Waals surface area contributed by atoms with E-state index in [0.717, 1.165) is 12.1 Å². The Bertz CT molecular complexity index is 2660. The predicted molar refractivity (Wildman–Crippen MR) is 251 cm³/mol. The lowest BCUT2D eigenvalue weighted by atomic mass is 9.82. The van der Waals surface area contributed by atoms with E-state index in [-0.39, 0.29) is 16.9 Å². The van der Waals surface area contributed by atoms with E-state index in [2.05, 4.69) is 201 Å². The average molecular weight is 780 g/mol. The molecule has 1 fully saturated rings. The second-order valence-corrected chi connectivity index (χ2v) is 18.6. The molecule has 3 heteroatoms. The van der Waals surface area contributed by atoms with Crippen LogP contribution >= 0.6 is 0 Å². The summed E-state index contributed by atoms with van der Waals surface area (Å²) in [4.78, 5) is 2.47. The molecule has 7 aromatic rings. The van der Waals surface area contributed by atoms with Crippen LogP contribution in [0.2, 0.25) is 0 Å². The van der Waals surface area contributed by atoms with Gasteiger partial charge in [-0.2, -0.15) is 5.10 Å². The number of rotatable bonds is 7. The van der Waals surface area contributed by atoms with E-state index in [9.17, 15) is 0 Å². The summed E-state index contributed by atoms with van der Waals surface area (Å²) < 4.78 is 0. The van der Waals surface area contributed by atoms with Crippen LogP contribution in [0.5, 0.6) is 0 Å². The van der Waals surface area contributed by atoms with Crippen molar-refractivity contribution in [3.8, 4) is 33.4 Å². The van der Waals surface area contributed by atoms with Gasteiger partial charge in [0.1, 0.15) is 0 Å². The van der Waals surface area contributed by atoms with Gasteiger partial charge in [-0.15, -0.1) is 0 Å². The molecule has 1 saturated carbocycles. The molecule has 0 saturated heterocycles. The van der Waals surface area contributed by atoms with Gasteiger partial charge in [-0.1, -0.05) is 174 Å². The molecule has 0 aromatic heterocycles. The highest BCUT2D eigenvalue weighted by molar-refractivity contribution is 6.01. The summed E-state index contributed by atoms with van der Waals surface area (Å²) in [6.07, 6.45) is 7.36. The number of fused-ring (bicyclic) bond motifs is 6. The van der Waals surface area contributed by atoms with Crippen LogP contribution < -0.4 is 4.90 Å². The first-order valence-electron chi connectivity index (χ1n) is 22.2. The molecule has 60 heavy (non-hydrogen) atoms. The maximum Gasteiger partial charge on any atom is 0.0779 e. The summed E-state index contributed by atoms with van der Waals surface area (Å²) in [6.45, 7) is 9.49. The van der Waals surface area contributed by atoms with Gasteiger partial charge in [0.25, 0.3) is 0 Å². The first kappa shape index (κ1) is 36.9. The van der Waals surface area contributed by atoms with Crippen molar-refractivity contribution >= 4 is 22.8 Å². The van der Waals surface area contributed by atoms with Crippen LogP contribution in [0.3, 0.4) is 0 Å². The molecule has 296 valence electrons. The van der Waals surface area contributed by atoms with Crippen LogP contribution in [-0.4, -0.2) is 16.8 Å². The minimum atomic E-state index is -0.0909. The van der Waals surface area contributed by atoms with E-state index in [1.807, 2.05) is 0 Å². The van der Waals surface area contributed by atoms with Crippen LogP contribution in [0.4, 0.5) is 17.1 Å². The SMILES string of the molecule is CC1(C)c2ccccc2-c2ccc(N(c3ccc(-c4ccc(C5CC(c6ccccc6)=NN5C5CCCCC5)cc4)cc3)c3ccc4c(c3)C(C)(C)c3ccccc3-4)cc21. The Morgan fingerprint density at radius 2 is 0.950 bits per heavy atom. The fraction of sp³-hybridized carbons (Fsp3) is 0.246. The Labute approximate surface area is 356 Å². The van der Waals surface area contributed by atoms with Gasteiger partial charge in [0, 0.05) is 40.4 Å². The number of anilines is 3. The van der Waals surface area contributed by atoms with E-state index in [4.69, 9.17) is 5.10 Å². The zero-order valence-electron chi connectivity index (χ0n) is 35.3. The van der Waals surface area contributed by atoms with Gasteiger partial charge in [-0.25, -0.2) is 0 Å². The molecular formula is C57H53N3. The molecule has 0 amide bonds. The molecule has 0 bridgehead atoms. The van der Waals surface area contributed by atoms with Crippen molar-refractivity contribution in [2.24, 2.45) is 5.10 Å². The van der Waals surface area contributed by atoms with Crippen molar-refractivity contribution < 1.29 is 0 Å². The Balaban J connectivity index is 0.941. The average Bonchev–Trinajstić information content (AvgIpc) is 3.92. The molecule has 0 spiro atoms. The van der Waals surface area contributed by atoms with Crippen LogP contribution in [0.1, 0.15) is 106 Å². The molecule has 1 aliphatic heterocycles. The third-order valence-electron chi connectivity index (χ3n) is 14.4. The predicted octanol–water partition coefficient (Wildman–Crippen LogP) is 14.9. The molecule has 1 atom stereocenters. The highest BCUT2D eigenvalue weighted by atomic mass is 15.5. The monoisotopic (exact) mass is 779 g/mol. The standard InChI is InChI=1S/C57H53N3/c1-56(2)50-21-13-11-19-46(50)48-33-31-44(35-52(48)56)59(45-32-34-49-47-20-12-14-22-51(47)57(3,4)53(49)36-45)42-29-27-39(28-30-42)38-23-25-41(26-24-38)55-37-54(40-15-7-5-8-16-40)58-60(55)43-17-9-6-10-18-43/h5,7-8,11-16,19-36,43,55H,6,9-10,17-18,37H2,1-4H3. The molecular weight excluding hydrogens is 727 g/mol. The van der Waals surface area contributed by atoms with Gasteiger partial charge < -0.3 is 4.90 Å². The quantitative estimate of drug-likeness (QED) is 0.160. The minimum absolute atomic E-state index is 0.0909. The van der Waals surface area contributed by atoms with Gasteiger partial charge in [-0.3, -0.25) is 5.01 Å². The smallest absolute Gasteiger partial charge is 0.0779 e. The third-order valence-corrected chi connectivity index (χ3v) is 14.4. The molecule has 1 unspecified atom stereocenters. The number of hydrogen-bond donors (Lipinski definition) is 0. The van der Waals surface area contributed by atoms with Gasteiger partial charge in [0.05, 0.1) is 11.8 Å². The summed E-state index contributed by atoms with van der Waals surface area (Å²) in [5, 5.41) is 7.79. The first-order chi connectivity index (χ1) is 29.3.